The molecule has 0 radical (unpaired) electrons. The third-order valence-electron chi connectivity index (χ3n) is 5.47. The molecule has 0 spiro atoms. The normalized spacial score (nSPS) is 11.5. The molecule has 4 heterocycles. The van der Waals surface area contributed by atoms with Gasteiger partial charge in [-0.3, -0.25) is 18.7 Å². The summed E-state index contributed by atoms with van der Waals surface area (Å²) in [7, 11) is 0. The van der Waals surface area contributed by atoms with Gasteiger partial charge >= 0.3 is 0 Å². The van der Waals surface area contributed by atoms with Crippen LogP contribution in [0.3, 0.4) is 0 Å². The van der Waals surface area contributed by atoms with Crippen LogP contribution in [-0.4, -0.2) is 29.2 Å². The first-order valence-corrected chi connectivity index (χ1v) is 11.2. The van der Waals surface area contributed by atoms with Crippen molar-refractivity contribution in [3.05, 3.63) is 103 Å². The second kappa shape index (κ2) is 9.44. The monoisotopic (exact) mass is 493 g/mol. The Morgan fingerprint density at radius 1 is 1.11 bits per heavy atom. The van der Waals surface area contributed by atoms with Crippen molar-refractivity contribution in [1.82, 2.24) is 24.1 Å². The van der Waals surface area contributed by atoms with Crippen LogP contribution < -0.4 is 15.9 Å². The third-order valence-corrected chi connectivity index (χ3v) is 5.82. The predicted molar refractivity (Wildman–Crippen MR) is 132 cm³/mol. The van der Waals surface area contributed by atoms with E-state index in [4.69, 9.17) is 16.3 Å². The van der Waals surface area contributed by atoms with Crippen LogP contribution in [0.2, 0.25) is 5.02 Å². The van der Waals surface area contributed by atoms with Crippen LogP contribution in [0.5, 0.6) is 5.75 Å². The van der Waals surface area contributed by atoms with Crippen molar-refractivity contribution >= 4 is 11.6 Å². The Morgan fingerprint density at radius 2 is 1.89 bits per heavy atom. The van der Waals surface area contributed by atoms with Crippen molar-refractivity contribution in [3.8, 4) is 17.3 Å². The molecule has 180 valence electrons. The molecule has 0 aliphatic rings. The molecule has 0 aliphatic heterocycles. The summed E-state index contributed by atoms with van der Waals surface area (Å²) in [6.07, 6.45) is 6.15. The van der Waals surface area contributed by atoms with E-state index in [1.807, 2.05) is 0 Å². The summed E-state index contributed by atoms with van der Waals surface area (Å²) in [4.78, 5) is 38.6. The number of aryl methyl sites for hydroxylation is 2. The van der Waals surface area contributed by atoms with E-state index >= 15 is 0 Å². The van der Waals surface area contributed by atoms with Gasteiger partial charge in [0.05, 0.1) is 17.0 Å². The molecule has 10 heteroatoms. The van der Waals surface area contributed by atoms with Gasteiger partial charge in [0.15, 0.2) is 0 Å². The number of halogens is 1. The van der Waals surface area contributed by atoms with Gasteiger partial charge in [0.1, 0.15) is 29.5 Å². The molecule has 35 heavy (non-hydrogen) atoms. The topological polar surface area (TPSA) is 112 Å². The second-order valence-corrected chi connectivity index (χ2v) is 8.96. The average Bonchev–Trinajstić information content (AvgIpc) is 2.82. The zero-order valence-corrected chi connectivity index (χ0v) is 20.4. The van der Waals surface area contributed by atoms with Crippen LogP contribution in [0.25, 0.3) is 11.5 Å². The fourth-order valence-electron chi connectivity index (χ4n) is 3.66. The first kappa shape index (κ1) is 24.3. The maximum Gasteiger partial charge on any atom is 0.277 e. The smallest absolute Gasteiger partial charge is 0.277 e. The van der Waals surface area contributed by atoms with Gasteiger partial charge in [-0.15, -0.1) is 0 Å². The van der Waals surface area contributed by atoms with E-state index in [0.717, 1.165) is 0 Å². The van der Waals surface area contributed by atoms with E-state index in [-0.39, 0.29) is 22.9 Å². The highest BCUT2D eigenvalue weighted by Gasteiger charge is 2.22. The lowest BCUT2D eigenvalue weighted by molar-refractivity contribution is 0.0768. The predicted octanol–water partition coefficient (Wildman–Crippen LogP) is 3.25. The summed E-state index contributed by atoms with van der Waals surface area (Å²) >= 11 is 6.40. The number of hydrogen-bond acceptors (Lipinski definition) is 7. The minimum absolute atomic E-state index is 0.0800. The van der Waals surface area contributed by atoms with Gasteiger partial charge in [-0.2, -0.15) is 0 Å². The first-order chi connectivity index (χ1) is 16.6. The summed E-state index contributed by atoms with van der Waals surface area (Å²) in [5.74, 6) is 0.540. The number of aliphatic hydroxyl groups is 1. The number of aromatic nitrogens is 5. The molecule has 4 aromatic rings. The highest BCUT2D eigenvalue weighted by atomic mass is 35.5. The summed E-state index contributed by atoms with van der Waals surface area (Å²) in [6, 6.07) is 8.25. The fraction of sp³-hybridized carbons (Fsp3) is 0.240. The van der Waals surface area contributed by atoms with Gasteiger partial charge in [0, 0.05) is 42.0 Å². The molecular weight excluding hydrogens is 470 g/mol. The van der Waals surface area contributed by atoms with Crippen LogP contribution in [0.1, 0.15) is 36.4 Å². The van der Waals surface area contributed by atoms with Gasteiger partial charge in [0.2, 0.25) is 0 Å². The first-order valence-electron chi connectivity index (χ1n) is 10.8. The molecule has 0 saturated heterocycles. The highest BCUT2D eigenvalue weighted by molar-refractivity contribution is 6.31. The van der Waals surface area contributed by atoms with E-state index < -0.39 is 16.7 Å². The molecule has 0 amide bonds. The van der Waals surface area contributed by atoms with Crippen LogP contribution in [0, 0.1) is 13.8 Å². The Kier molecular flexibility index (Phi) is 6.56. The molecule has 4 rings (SSSR count). The minimum atomic E-state index is -1.32. The van der Waals surface area contributed by atoms with Crippen LogP contribution >= 0.6 is 11.6 Å². The molecule has 0 bridgehead atoms. The van der Waals surface area contributed by atoms with Crippen molar-refractivity contribution in [1.29, 1.82) is 0 Å². The summed E-state index contributed by atoms with van der Waals surface area (Å²) in [5.41, 5.74) is 0.474. The van der Waals surface area contributed by atoms with E-state index in [1.54, 1.807) is 76.6 Å². The zero-order chi connectivity index (χ0) is 25.3. The number of ether oxygens (including phenoxy) is 1. The number of nitrogens with zero attached hydrogens (tertiary/aromatic N) is 5. The molecular formula is C25H24ClN5O4. The lowest BCUT2D eigenvalue weighted by Gasteiger charge is -2.19. The molecule has 0 aromatic carbocycles. The van der Waals surface area contributed by atoms with Gasteiger partial charge in [-0.05, 0) is 51.5 Å². The molecule has 0 atom stereocenters. The quantitative estimate of drug-likeness (QED) is 0.438. The Morgan fingerprint density at radius 3 is 2.57 bits per heavy atom. The Balaban J connectivity index is 1.78. The largest absolute Gasteiger partial charge is 0.485 e. The number of pyridine rings is 3. The maximum atomic E-state index is 13.3. The zero-order valence-electron chi connectivity index (χ0n) is 19.7. The Labute approximate surface area is 206 Å². The van der Waals surface area contributed by atoms with Crippen molar-refractivity contribution in [2.24, 2.45) is 0 Å². The fourth-order valence-corrected chi connectivity index (χ4v) is 3.85. The molecule has 0 aliphatic carbocycles. The van der Waals surface area contributed by atoms with Gasteiger partial charge in [-0.1, -0.05) is 11.6 Å². The molecule has 9 nitrogen and oxygen atoms in total. The van der Waals surface area contributed by atoms with E-state index in [9.17, 15) is 14.7 Å². The van der Waals surface area contributed by atoms with Crippen LogP contribution in [0.4, 0.5) is 0 Å². The SMILES string of the molecule is Cc1cnc(-n2cccc(C(C)(C)O)c2=O)cc1-n1c(C)cc(OCc2ccncn2)c(Cl)c1=O. The Hall–Kier alpha value is -3.82. The molecule has 0 unspecified atom stereocenters. The summed E-state index contributed by atoms with van der Waals surface area (Å²) in [5, 5.41) is 10.3. The minimum Gasteiger partial charge on any atom is -0.485 e. The van der Waals surface area contributed by atoms with Gasteiger partial charge in [-0.25, -0.2) is 15.0 Å². The standard InChI is InChI=1S/C25H24ClN5O4/c1-15-12-28-21(30-9-5-6-18(23(30)32)25(3,4)34)11-19(15)31-16(2)10-20(22(26)24(31)33)35-13-17-7-8-27-14-29-17/h5-12,14,34H,13H2,1-4H3. The van der Waals surface area contributed by atoms with E-state index in [2.05, 4.69) is 15.0 Å². The van der Waals surface area contributed by atoms with Crippen molar-refractivity contribution in [2.75, 3.05) is 0 Å². The third kappa shape index (κ3) is 4.87. The molecule has 1 N–H and O–H groups in total. The lowest BCUT2D eigenvalue weighted by atomic mass is 10.0. The summed E-state index contributed by atoms with van der Waals surface area (Å²) in [6.45, 7) is 6.78. The average molecular weight is 494 g/mol. The maximum absolute atomic E-state index is 13.3. The number of rotatable bonds is 6. The van der Waals surface area contributed by atoms with E-state index in [1.165, 1.54) is 15.5 Å². The molecule has 0 saturated carbocycles. The molecule has 4 aromatic heterocycles. The molecule has 0 fully saturated rings. The van der Waals surface area contributed by atoms with E-state index in [0.29, 0.717) is 28.5 Å². The van der Waals surface area contributed by atoms with Gasteiger partial charge in [0.25, 0.3) is 11.1 Å². The summed E-state index contributed by atoms with van der Waals surface area (Å²) < 4.78 is 8.52. The van der Waals surface area contributed by atoms with Crippen molar-refractivity contribution in [3.63, 3.8) is 0 Å². The van der Waals surface area contributed by atoms with Crippen LogP contribution in [-0.2, 0) is 12.2 Å². The number of hydrogen-bond donors (Lipinski definition) is 1. The van der Waals surface area contributed by atoms with Gasteiger partial charge < -0.3 is 9.84 Å². The highest BCUT2D eigenvalue weighted by Crippen LogP contribution is 2.26. The second-order valence-electron chi connectivity index (χ2n) is 8.58. The van der Waals surface area contributed by atoms with Crippen molar-refractivity contribution in [2.45, 2.75) is 39.9 Å². The van der Waals surface area contributed by atoms with Crippen LogP contribution in [0.15, 0.2) is 64.8 Å². The Bertz CT molecular complexity index is 1510. The van der Waals surface area contributed by atoms with Crippen molar-refractivity contribution < 1.29 is 9.84 Å². The lowest BCUT2D eigenvalue weighted by Crippen LogP contribution is -2.31.